The number of phenols is 1. The van der Waals surface area contributed by atoms with Gasteiger partial charge in [0.1, 0.15) is 5.75 Å². The summed E-state index contributed by atoms with van der Waals surface area (Å²) in [6.07, 6.45) is 0. The van der Waals surface area contributed by atoms with Crippen molar-refractivity contribution in [3.8, 4) is 5.75 Å². The molecule has 0 fully saturated rings. The van der Waals surface area contributed by atoms with E-state index in [1.807, 2.05) is 18.2 Å². The van der Waals surface area contributed by atoms with E-state index < -0.39 is 0 Å². The molecule has 2 aromatic carbocycles. The fraction of sp³-hybridized carbons (Fsp3) is 0.143. The van der Waals surface area contributed by atoms with Crippen LogP contribution in [0.4, 0.5) is 0 Å². The summed E-state index contributed by atoms with van der Waals surface area (Å²) in [5, 5.41) is 10.6. The van der Waals surface area contributed by atoms with Crippen LogP contribution in [0.15, 0.2) is 54.6 Å². The third-order valence-corrected chi connectivity index (χ3v) is 4.32. The third kappa shape index (κ3) is 2.84. The van der Waals surface area contributed by atoms with E-state index in [0.717, 1.165) is 0 Å². The molecule has 0 saturated heterocycles. The molecule has 0 aliphatic carbocycles. The monoisotopic (exact) mass is 231 g/mol. The van der Waals surface area contributed by atoms with Crippen LogP contribution in [0.3, 0.4) is 0 Å². The maximum absolute atomic E-state index is 9.22. The zero-order valence-corrected chi connectivity index (χ0v) is 10.5. The van der Waals surface area contributed by atoms with Crippen LogP contribution in [-0.4, -0.2) is 5.11 Å². The second-order valence-corrected chi connectivity index (χ2v) is 5.96. The molecular weight excluding hydrogens is 215 g/mol. The molecule has 0 heterocycles. The fourth-order valence-electron chi connectivity index (χ4n) is 1.73. The molecule has 2 aromatic rings. The number of hydrogen-bond acceptors (Lipinski definition) is 1. The predicted molar refractivity (Wildman–Crippen MR) is 72.3 cm³/mol. The van der Waals surface area contributed by atoms with Gasteiger partial charge in [-0.15, -0.1) is 0 Å². The van der Waals surface area contributed by atoms with Crippen molar-refractivity contribution < 1.29 is 5.11 Å². The van der Waals surface area contributed by atoms with Gasteiger partial charge in [0.05, 0.1) is 11.0 Å². The molecule has 2 heteroatoms. The first-order chi connectivity index (χ1) is 7.75. The SMILES string of the molecule is CC([PH2+]c1ccc(O)cc1)c1ccccc1. The summed E-state index contributed by atoms with van der Waals surface area (Å²) in [6, 6.07) is 18.1. The van der Waals surface area contributed by atoms with Crippen molar-refractivity contribution in [1.82, 2.24) is 0 Å². The van der Waals surface area contributed by atoms with Crippen LogP contribution in [0.2, 0.25) is 0 Å². The fourth-order valence-corrected chi connectivity index (χ4v) is 3.13. The zero-order chi connectivity index (χ0) is 11.4. The lowest BCUT2D eigenvalue weighted by Gasteiger charge is -2.05. The lowest BCUT2D eigenvalue weighted by atomic mass is 10.2. The van der Waals surface area contributed by atoms with Gasteiger partial charge in [0, 0.05) is 8.58 Å². The highest BCUT2D eigenvalue weighted by Crippen LogP contribution is 2.33. The summed E-state index contributed by atoms with van der Waals surface area (Å²) in [4.78, 5) is 0. The maximum atomic E-state index is 9.22. The summed E-state index contributed by atoms with van der Waals surface area (Å²) in [6.45, 7) is 2.26. The van der Waals surface area contributed by atoms with E-state index in [1.165, 1.54) is 10.9 Å². The van der Waals surface area contributed by atoms with Crippen LogP contribution in [0.25, 0.3) is 0 Å². The topological polar surface area (TPSA) is 20.2 Å². The normalized spacial score (nSPS) is 13.1. The number of hydrogen-bond donors (Lipinski definition) is 1. The molecule has 0 spiro atoms. The molecule has 0 amide bonds. The van der Waals surface area contributed by atoms with E-state index in [1.54, 1.807) is 12.1 Å². The molecule has 16 heavy (non-hydrogen) atoms. The first-order valence-corrected chi connectivity index (χ1v) is 6.69. The standard InChI is InChI=1S/C14H15OP/c1-11(12-5-3-2-4-6-12)16-14-9-7-13(15)8-10-14/h2-11,15-16H,1H3/p+1. The summed E-state index contributed by atoms with van der Waals surface area (Å²) in [5.41, 5.74) is 1.98. The summed E-state index contributed by atoms with van der Waals surface area (Å²) >= 11 is 0. The van der Waals surface area contributed by atoms with E-state index >= 15 is 0 Å². The molecule has 0 bridgehead atoms. The minimum atomic E-state index is 0.214. The maximum Gasteiger partial charge on any atom is 0.115 e. The molecule has 82 valence electrons. The van der Waals surface area contributed by atoms with Gasteiger partial charge in [-0.3, -0.25) is 0 Å². The average Bonchev–Trinajstić information content (AvgIpc) is 2.33. The van der Waals surface area contributed by atoms with Gasteiger partial charge in [-0.05, 0) is 36.8 Å². The summed E-state index contributed by atoms with van der Waals surface area (Å²) in [7, 11) is 0.214. The molecule has 1 N–H and O–H groups in total. The van der Waals surface area contributed by atoms with Gasteiger partial charge >= 0.3 is 0 Å². The van der Waals surface area contributed by atoms with Gasteiger partial charge in [0.2, 0.25) is 0 Å². The van der Waals surface area contributed by atoms with Crippen molar-refractivity contribution in [3.63, 3.8) is 0 Å². The molecule has 2 unspecified atom stereocenters. The Kier molecular flexibility index (Phi) is 3.58. The molecule has 2 atom stereocenters. The molecule has 0 aliphatic rings. The van der Waals surface area contributed by atoms with Gasteiger partial charge in [0.25, 0.3) is 0 Å². The van der Waals surface area contributed by atoms with E-state index in [9.17, 15) is 5.11 Å². The zero-order valence-electron chi connectivity index (χ0n) is 9.30. The molecule has 0 aromatic heterocycles. The van der Waals surface area contributed by atoms with Crippen LogP contribution < -0.4 is 5.30 Å². The molecule has 0 radical (unpaired) electrons. The predicted octanol–water partition coefficient (Wildman–Crippen LogP) is 3.19. The third-order valence-electron chi connectivity index (χ3n) is 2.66. The Balaban J connectivity index is 2.08. The summed E-state index contributed by atoms with van der Waals surface area (Å²) in [5.74, 6) is 0.343. The van der Waals surface area contributed by atoms with Crippen LogP contribution in [0.1, 0.15) is 18.1 Å². The Morgan fingerprint density at radius 3 is 2.19 bits per heavy atom. The van der Waals surface area contributed by atoms with Gasteiger partial charge in [-0.1, -0.05) is 30.3 Å². The van der Waals surface area contributed by atoms with Gasteiger partial charge < -0.3 is 5.11 Å². The van der Waals surface area contributed by atoms with Crippen molar-refractivity contribution in [2.45, 2.75) is 12.6 Å². The van der Waals surface area contributed by atoms with Gasteiger partial charge in [-0.2, -0.15) is 0 Å². The molecule has 1 nitrogen and oxygen atoms in total. The van der Waals surface area contributed by atoms with Crippen LogP contribution in [0.5, 0.6) is 5.75 Å². The first-order valence-electron chi connectivity index (χ1n) is 5.44. The number of benzene rings is 2. The largest absolute Gasteiger partial charge is 0.508 e. The Bertz CT molecular complexity index is 436. The average molecular weight is 231 g/mol. The van der Waals surface area contributed by atoms with Crippen molar-refractivity contribution in [2.24, 2.45) is 0 Å². The van der Waals surface area contributed by atoms with Crippen molar-refractivity contribution in [2.75, 3.05) is 0 Å². The van der Waals surface area contributed by atoms with E-state index in [0.29, 0.717) is 11.4 Å². The number of aromatic hydroxyl groups is 1. The second kappa shape index (κ2) is 5.14. The van der Waals surface area contributed by atoms with Gasteiger partial charge in [0.15, 0.2) is 0 Å². The summed E-state index contributed by atoms with van der Waals surface area (Å²) < 4.78 is 0. The lowest BCUT2D eigenvalue weighted by Crippen LogP contribution is -1.96. The van der Waals surface area contributed by atoms with Crippen molar-refractivity contribution in [1.29, 1.82) is 0 Å². The highest BCUT2D eigenvalue weighted by atomic mass is 31.1. The van der Waals surface area contributed by atoms with Crippen LogP contribution >= 0.6 is 8.58 Å². The van der Waals surface area contributed by atoms with E-state index in [4.69, 9.17) is 0 Å². The van der Waals surface area contributed by atoms with Crippen LogP contribution in [-0.2, 0) is 0 Å². The Hall–Kier alpha value is -1.33. The van der Waals surface area contributed by atoms with E-state index in [-0.39, 0.29) is 8.58 Å². The lowest BCUT2D eigenvalue weighted by molar-refractivity contribution is 0.475. The quantitative estimate of drug-likeness (QED) is 0.804. The minimum absolute atomic E-state index is 0.214. The second-order valence-electron chi connectivity index (χ2n) is 3.96. The molecular formula is C14H16OP+. The first kappa shape index (κ1) is 11.2. The number of rotatable bonds is 3. The van der Waals surface area contributed by atoms with E-state index in [2.05, 4.69) is 31.2 Å². The minimum Gasteiger partial charge on any atom is -0.508 e. The highest BCUT2D eigenvalue weighted by molar-refractivity contribution is 7.47. The van der Waals surface area contributed by atoms with Crippen molar-refractivity contribution >= 4 is 13.9 Å². The van der Waals surface area contributed by atoms with Crippen LogP contribution in [0, 0.1) is 0 Å². The smallest absolute Gasteiger partial charge is 0.115 e. The molecule has 2 rings (SSSR count). The molecule has 0 saturated carbocycles. The molecule has 0 aliphatic heterocycles. The Morgan fingerprint density at radius 1 is 0.938 bits per heavy atom. The Morgan fingerprint density at radius 2 is 1.56 bits per heavy atom. The van der Waals surface area contributed by atoms with Gasteiger partial charge in [-0.25, -0.2) is 0 Å². The Labute approximate surface area is 97.9 Å². The van der Waals surface area contributed by atoms with Crippen molar-refractivity contribution in [3.05, 3.63) is 60.2 Å². The number of phenolic OH excluding ortho intramolecular Hbond substituents is 1. The highest BCUT2D eigenvalue weighted by Gasteiger charge is 2.12.